The summed E-state index contributed by atoms with van der Waals surface area (Å²) in [4.78, 5) is 22.3. The molecule has 2 atom stereocenters. The molecule has 1 saturated heterocycles. The molecule has 0 saturated carbocycles. The minimum atomic E-state index is -0.140. The van der Waals surface area contributed by atoms with Crippen LogP contribution >= 0.6 is 0 Å². The summed E-state index contributed by atoms with van der Waals surface area (Å²) >= 11 is 0. The van der Waals surface area contributed by atoms with Crippen molar-refractivity contribution in [3.63, 3.8) is 0 Å². The van der Waals surface area contributed by atoms with Crippen LogP contribution in [0.3, 0.4) is 0 Å². The zero-order valence-corrected chi connectivity index (χ0v) is 9.91. The normalized spacial score (nSPS) is 21.1. The molecule has 1 fully saturated rings. The number of hydrogen-bond donors (Lipinski definition) is 2. The Labute approximate surface area is 95.9 Å². The zero-order chi connectivity index (χ0) is 12.0. The maximum absolute atomic E-state index is 11.4. The molecule has 1 heterocycles. The lowest BCUT2D eigenvalue weighted by atomic mass is 9.96. The molecule has 0 aromatic heterocycles. The van der Waals surface area contributed by atoms with Crippen molar-refractivity contribution in [2.24, 2.45) is 5.92 Å². The van der Waals surface area contributed by atoms with E-state index in [2.05, 4.69) is 17.6 Å². The predicted molar refractivity (Wildman–Crippen MR) is 60.0 cm³/mol. The highest BCUT2D eigenvalue weighted by atomic mass is 16.5. The van der Waals surface area contributed by atoms with Crippen molar-refractivity contribution in [3.8, 4) is 0 Å². The second-order valence-corrected chi connectivity index (χ2v) is 4.14. The van der Waals surface area contributed by atoms with Gasteiger partial charge in [0.2, 0.25) is 0 Å². The van der Waals surface area contributed by atoms with E-state index in [1.165, 1.54) is 7.11 Å². The highest BCUT2D eigenvalue weighted by Crippen LogP contribution is 2.17. The summed E-state index contributed by atoms with van der Waals surface area (Å²) in [6.45, 7) is 2.70. The monoisotopic (exact) mass is 228 g/mol. The Morgan fingerprint density at radius 2 is 2.31 bits per heavy atom. The third kappa shape index (κ3) is 3.72. The number of ether oxygens (including phenoxy) is 1. The molecular formula is C11H20N2O3. The van der Waals surface area contributed by atoms with Crippen LogP contribution in [0.25, 0.3) is 0 Å². The number of carbonyl (C=O) groups is 2. The predicted octanol–water partition coefficient (Wildman–Crippen LogP) is 1.04. The Bertz CT molecular complexity index is 256. The molecule has 92 valence electrons. The quantitative estimate of drug-likeness (QED) is 0.667. The van der Waals surface area contributed by atoms with Gasteiger partial charge in [0.05, 0.1) is 13.0 Å². The highest BCUT2D eigenvalue weighted by molar-refractivity contribution is 5.76. The number of esters is 1. The molecule has 2 unspecified atom stereocenters. The third-order valence-electron chi connectivity index (χ3n) is 2.88. The standard InChI is InChI=1S/C11H20N2O3/c1-3-4-8(10(14)16-2)5-6-9-7-12-11(15)13-9/h8-9H,3-7H2,1-2H3,(H2,12,13,15). The summed E-state index contributed by atoms with van der Waals surface area (Å²) < 4.78 is 4.76. The minimum Gasteiger partial charge on any atom is -0.469 e. The van der Waals surface area contributed by atoms with Crippen molar-refractivity contribution >= 4 is 12.0 Å². The summed E-state index contributed by atoms with van der Waals surface area (Å²) in [5.41, 5.74) is 0. The molecule has 1 rings (SSSR count). The summed E-state index contributed by atoms with van der Waals surface area (Å²) in [5, 5.41) is 5.51. The number of amides is 2. The van der Waals surface area contributed by atoms with Crippen LogP contribution in [0.1, 0.15) is 32.6 Å². The van der Waals surface area contributed by atoms with Crippen molar-refractivity contribution in [2.45, 2.75) is 38.6 Å². The lowest BCUT2D eigenvalue weighted by molar-refractivity contribution is -0.146. The first-order chi connectivity index (χ1) is 7.67. The fourth-order valence-electron chi connectivity index (χ4n) is 1.98. The number of carbonyl (C=O) groups excluding carboxylic acids is 2. The first-order valence-electron chi connectivity index (χ1n) is 5.79. The second kappa shape index (κ2) is 6.35. The van der Waals surface area contributed by atoms with E-state index in [9.17, 15) is 9.59 Å². The van der Waals surface area contributed by atoms with Crippen molar-refractivity contribution in [3.05, 3.63) is 0 Å². The molecule has 0 radical (unpaired) electrons. The van der Waals surface area contributed by atoms with E-state index in [4.69, 9.17) is 4.74 Å². The molecule has 5 nitrogen and oxygen atoms in total. The van der Waals surface area contributed by atoms with Crippen LogP contribution in [0.2, 0.25) is 0 Å². The molecule has 0 spiro atoms. The first-order valence-corrected chi connectivity index (χ1v) is 5.79. The van der Waals surface area contributed by atoms with Gasteiger partial charge in [-0.05, 0) is 19.3 Å². The van der Waals surface area contributed by atoms with Crippen LogP contribution in [0.4, 0.5) is 4.79 Å². The van der Waals surface area contributed by atoms with Gasteiger partial charge >= 0.3 is 12.0 Å². The van der Waals surface area contributed by atoms with E-state index in [-0.39, 0.29) is 24.0 Å². The molecule has 5 heteroatoms. The topological polar surface area (TPSA) is 67.4 Å². The Hall–Kier alpha value is -1.26. The molecule has 0 aliphatic carbocycles. The number of rotatable bonds is 6. The highest BCUT2D eigenvalue weighted by Gasteiger charge is 2.23. The van der Waals surface area contributed by atoms with Gasteiger partial charge in [-0.15, -0.1) is 0 Å². The molecule has 1 aliphatic heterocycles. The first kappa shape index (κ1) is 12.8. The maximum Gasteiger partial charge on any atom is 0.315 e. The second-order valence-electron chi connectivity index (χ2n) is 4.14. The van der Waals surface area contributed by atoms with Crippen LogP contribution in [-0.2, 0) is 9.53 Å². The smallest absolute Gasteiger partial charge is 0.315 e. The van der Waals surface area contributed by atoms with Gasteiger partial charge < -0.3 is 15.4 Å². The molecule has 2 N–H and O–H groups in total. The molecule has 16 heavy (non-hydrogen) atoms. The van der Waals surface area contributed by atoms with Crippen molar-refractivity contribution in [1.29, 1.82) is 0 Å². The average Bonchev–Trinajstić information content (AvgIpc) is 2.69. The summed E-state index contributed by atoms with van der Waals surface area (Å²) in [6.07, 6.45) is 3.40. The average molecular weight is 228 g/mol. The van der Waals surface area contributed by atoms with Gasteiger partial charge in [0.15, 0.2) is 0 Å². The van der Waals surface area contributed by atoms with Crippen LogP contribution in [0.5, 0.6) is 0 Å². The van der Waals surface area contributed by atoms with Gasteiger partial charge in [0, 0.05) is 12.6 Å². The van der Waals surface area contributed by atoms with E-state index < -0.39 is 0 Å². The minimum absolute atomic E-state index is 0.0347. The third-order valence-corrected chi connectivity index (χ3v) is 2.88. The largest absolute Gasteiger partial charge is 0.469 e. The van der Waals surface area contributed by atoms with E-state index in [0.717, 1.165) is 25.7 Å². The maximum atomic E-state index is 11.4. The molecule has 1 aliphatic rings. The number of urea groups is 1. The molecule has 0 bridgehead atoms. The Morgan fingerprint density at radius 3 is 2.81 bits per heavy atom. The van der Waals surface area contributed by atoms with Crippen molar-refractivity contribution in [1.82, 2.24) is 10.6 Å². The Morgan fingerprint density at radius 1 is 1.56 bits per heavy atom. The van der Waals surface area contributed by atoms with Gasteiger partial charge in [0.25, 0.3) is 0 Å². The van der Waals surface area contributed by atoms with Crippen LogP contribution < -0.4 is 10.6 Å². The van der Waals surface area contributed by atoms with E-state index in [1.54, 1.807) is 0 Å². The number of nitrogens with one attached hydrogen (secondary N) is 2. The summed E-state index contributed by atoms with van der Waals surface area (Å²) in [5.74, 6) is -0.174. The van der Waals surface area contributed by atoms with Crippen molar-refractivity contribution < 1.29 is 14.3 Å². The molecule has 0 aromatic rings. The van der Waals surface area contributed by atoms with Crippen LogP contribution in [0, 0.1) is 5.92 Å². The Kier molecular flexibility index (Phi) is 5.08. The van der Waals surface area contributed by atoms with Gasteiger partial charge in [-0.3, -0.25) is 4.79 Å². The van der Waals surface area contributed by atoms with Gasteiger partial charge in [0.1, 0.15) is 0 Å². The van der Waals surface area contributed by atoms with Gasteiger partial charge in [-0.1, -0.05) is 13.3 Å². The van der Waals surface area contributed by atoms with Crippen LogP contribution in [0.15, 0.2) is 0 Å². The fraction of sp³-hybridized carbons (Fsp3) is 0.818. The molecular weight excluding hydrogens is 208 g/mol. The lowest BCUT2D eigenvalue weighted by Crippen LogP contribution is -2.28. The van der Waals surface area contributed by atoms with Gasteiger partial charge in [-0.25, -0.2) is 4.79 Å². The van der Waals surface area contributed by atoms with Gasteiger partial charge in [-0.2, -0.15) is 0 Å². The van der Waals surface area contributed by atoms with E-state index in [1.807, 2.05) is 0 Å². The fourth-order valence-corrected chi connectivity index (χ4v) is 1.98. The number of hydrogen-bond acceptors (Lipinski definition) is 3. The van der Waals surface area contributed by atoms with Crippen molar-refractivity contribution in [2.75, 3.05) is 13.7 Å². The Balaban J connectivity index is 2.31. The number of methoxy groups -OCH3 is 1. The van der Waals surface area contributed by atoms with Crippen LogP contribution in [-0.4, -0.2) is 31.7 Å². The van der Waals surface area contributed by atoms with E-state index in [0.29, 0.717) is 6.54 Å². The molecule has 2 amide bonds. The SMILES string of the molecule is CCCC(CCC1CNC(=O)N1)C(=O)OC. The van der Waals surface area contributed by atoms with E-state index >= 15 is 0 Å². The zero-order valence-electron chi connectivity index (χ0n) is 9.91. The summed E-state index contributed by atoms with van der Waals surface area (Å²) in [7, 11) is 1.42. The lowest BCUT2D eigenvalue weighted by Gasteiger charge is -2.15. The summed E-state index contributed by atoms with van der Waals surface area (Å²) in [6, 6.07) is 0.0339. The molecule has 0 aromatic carbocycles.